The molecule has 0 fully saturated rings. The third kappa shape index (κ3) is 3.64. The van der Waals surface area contributed by atoms with E-state index in [1.54, 1.807) is 0 Å². The van der Waals surface area contributed by atoms with Crippen LogP contribution in [0.4, 0.5) is 17.1 Å². The maximum atomic E-state index is 14.3. The normalized spacial score (nSPS) is 22.4. The fourth-order valence-corrected chi connectivity index (χ4v) is 7.37. The molecule has 6 aromatic rings. The molecule has 6 heteroatoms. The molecular formula is C40H29N4O2-. The molecule has 0 saturated heterocycles. The number of hydrogen-bond acceptors (Lipinski definition) is 6. The summed E-state index contributed by atoms with van der Waals surface area (Å²) in [5, 5.41) is 30.3. The fourth-order valence-electron chi connectivity index (χ4n) is 7.37. The lowest BCUT2D eigenvalue weighted by molar-refractivity contribution is -0.292. The molecule has 1 aliphatic carbocycles. The van der Waals surface area contributed by atoms with E-state index in [2.05, 4.69) is 35.0 Å². The number of allylic oxidation sites excluding steroid dienone is 2. The Morgan fingerprint density at radius 2 is 1.24 bits per heavy atom. The Labute approximate surface area is 265 Å². The van der Waals surface area contributed by atoms with E-state index in [0.717, 1.165) is 49.7 Å². The van der Waals surface area contributed by atoms with Gasteiger partial charge in [0.15, 0.2) is 11.4 Å². The second-order valence-electron chi connectivity index (χ2n) is 12.6. The molecular weight excluding hydrogens is 568 g/mol. The van der Waals surface area contributed by atoms with Gasteiger partial charge in [-0.3, -0.25) is 9.79 Å². The van der Waals surface area contributed by atoms with Crippen LogP contribution >= 0.6 is 0 Å². The first kappa shape index (κ1) is 26.5. The highest BCUT2D eigenvalue weighted by atomic mass is 16.3. The average molecular weight is 598 g/mol. The smallest absolute Gasteiger partial charge is 0.193 e. The van der Waals surface area contributed by atoms with E-state index in [0.29, 0.717) is 16.1 Å². The van der Waals surface area contributed by atoms with Gasteiger partial charge >= 0.3 is 0 Å². The van der Waals surface area contributed by atoms with E-state index in [-0.39, 0.29) is 22.7 Å². The number of hydrogen-bond donors (Lipinski definition) is 3. The molecule has 3 N–H and O–H groups in total. The summed E-state index contributed by atoms with van der Waals surface area (Å²) in [5.41, 5.74) is 4.24. The number of carbonyl (C=O) groups excluding carboxylic acids is 1. The Morgan fingerprint density at radius 3 is 1.93 bits per heavy atom. The number of anilines is 3. The molecule has 0 saturated carbocycles. The van der Waals surface area contributed by atoms with Crippen LogP contribution in [0.3, 0.4) is 0 Å². The highest BCUT2D eigenvalue weighted by Crippen LogP contribution is 2.47. The van der Waals surface area contributed by atoms with Gasteiger partial charge in [0.05, 0.1) is 11.0 Å². The standard InChI is InChI=1S/C40H30N4O2/c1-39(25-13-5-3-6-14-25)41-29-17-9-11-23-19-21-27(35(43-39)31(23)29)33-37(45)34(38(33)46)28-22-20-24-12-10-18-30-32(24)36(28)44-40(2,42-30)26-15-7-4-8-16-26/h3-22,41-43,45H,1-2H3/p-1/b34-28+. The number of nitrogens with zero attached hydrogens (tertiary/aromatic N) is 1. The molecule has 0 bridgehead atoms. The average Bonchev–Trinajstić information content (AvgIpc) is 3.08. The van der Waals surface area contributed by atoms with Gasteiger partial charge in [0.1, 0.15) is 5.66 Å². The van der Waals surface area contributed by atoms with Crippen molar-refractivity contribution < 1.29 is 9.90 Å². The van der Waals surface area contributed by atoms with Crippen LogP contribution in [0.25, 0.3) is 32.7 Å². The SMILES string of the molecule is CC1(c2ccccc2)N=c2/c(=C3/C(=O)C(c4ccc5cccc6c5c4NC(C)(c4ccccc4)N6)=C3[O-])ccc3cccc(c23)N1. The van der Waals surface area contributed by atoms with Crippen LogP contribution in [0.2, 0.25) is 0 Å². The summed E-state index contributed by atoms with van der Waals surface area (Å²) in [6.45, 7) is 4.10. The number of rotatable bonds is 3. The maximum absolute atomic E-state index is 14.3. The van der Waals surface area contributed by atoms with Crippen LogP contribution in [0.5, 0.6) is 0 Å². The van der Waals surface area contributed by atoms with Crippen molar-refractivity contribution in [3.05, 3.63) is 154 Å². The van der Waals surface area contributed by atoms with Gasteiger partial charge in [-0.1, -0.05) is 115 Å². The number of ketones is 1. The second-order valence-corrected chi connectivity index (χ2v) is 12.6. The Kier molecular flexibility index (Phi) is 5.37. The molecule has 0 spiro atoms. The van der Waals surface area contributed by atoms with Crippen molar-refractivity contribution in [2.24, 2.45) is 4.99 Å². The van der Waals surface area contributed by atoms with Gasteiger partial charge in [0.2, 0.25) is 0 Å². The van der Waals surface area contributed by atoms with Crippen molar-refractivity contribution in [1.29, 1.82) is 0 Å². The van der Waals surface area contributed by atoms with Crippen molar-refractivity contribution in [1.82, 2.24) is 0 Å². The summed E-state index contributed by atoms with van der Waals surface area (Å²) in [5.74, 6) is -0.522. The largest absolute Gasteiger partial charge is 0.871 e. The van der Waals surface area contributed by atoms with Gasteiger partial charge in [0.25, 0.3) is 0 Å². The molecule has 3 aliphatic rings. The van der Waals surface area contributed by atoms with E-state index in [1.165, 1.54) is 0 Å². The van der Waals surface area contributed by atoms with Crippen LogP contribution < -0.4 is 31.6 Å². The van der Waals surface area contributed by atoms with Gasteiger partial charge in [-0.25, -0.2) is 0 Å². The molecule has 2 unspecified atom stereocenters. The summed E-state index contributed by atoms with van der Waals surface area (Å²) in [6, 6.07) is 40.0. The lowest BCUT2D eigenvalue weighted by Crippen LogP contribution is -2.45. The second kappa shape index (κ2) is 9.31. The van der Waals surface area contributed by atoms with Crippen molar-refractivity contribution in [3.8, 4) is 0 Å². The van der Waals surface area contributed by atoms with Crippen LogP contribution in [-0.4, -0.2) is 5.78 Å². The number of Topliss-reactive ketones (excluding diaryl/α,β-unsaturated/α-hetero) is 1. The molecule has 6 nitrogen and oxygen atoms in total. The van der Waals surface area contributed by atoms with Gasteiger partial charge in [-0.2, -0.15) is 0 Å². The molecule has 2 atom stereocenters. The van der Waals surface area contributed by atoms with Gasteiger partial charge in [-0.05, 0) is 47.9 Å². The highest BCUT2D eigenvalue weighted by molar-refractivity contribution is 6.52. The molecule has 222 valence electrons. The minimum Gasteiger partial charge on any atom is -0.871 e. The quantitative estimate of drug-likeness (QED) is 0.229. The predicted octanol–water partition coefficient (Wildman–Crippen LogP) is 6.13. The van der Waals surface area contributed by atoms with Crippen LogP contribution in [0.1, 0.15) is 30.5 Å². The van der Waals surface area contributed by atoms with Crippen LogP contribution in [-0.2, 0) is 16.1 Å². The summed E-state index contributed by atoms with van der Waals surface area (Å²) in [4.78, 5) is 19.5. The topological polar surface area (TPSA) is 88.6 Å². The van der Waals surface area contributed by atoms with Gasteiger partial charge in [-0.15, -0.1) is 0 Å². The maximum Gasteiger partial charge on any atom is 0.193 e. The van der Waals surface area contributed by atoms with Crippen LogP contribution in [0.15, 0.2) is 132 Å². The van der Waals surface area contributed by atoms with Gasteiger partial charge < -0.3 is 21.1 Å². The predicted molar refractivity (Wildman–Crippen MR) is 182 cm³/mol. The van der Waals surface area contributed by atoms with Crippen molar-refractivity contribution >= 4 is 55.5 Å². The number of nitrogens with one attached hydrogen (secondary N) is 3. The third-order valence-corrected chi connectivity index (χ3v) is 9.67. The zero-order valence-electron chi connectivity index (χ0n) is 25.3. The third-order valence-electron chi connectivity index (χ3n) is 9.67. The Balaban J connectivity index is 1.28. The monoisotopic (exact) mass is 597 g/mol. The summed E-state index contributed by atoms with van der Waals surface area (Å²) in [6.07, 6.45) is 0. The molecule has 9 rings (SSSR count). The molecule has 6 aromatic carbocycles. The molecule has 2 aliphatic heterocycles. The zero-order chi connectivity index (χ0) is 31.2. The van der Waals surface area contributed by atoms with E-state index in [9.17, 15) is 9.90 Å². The molecule has 46 heavy (non-hydrogen) atoms. The lowest BCUT2D eigenvalue weighted by atomic mass is 9.79. The summed E-state index contributed by atoms with van der Waals surface area (Å²) < 4.78 is 0. The first-order valence-electron chi connectivity index (χ1n) is 15.5. The van der Waals surface area contributed by atoms with E-state index in [4.69, 9.17) is 4.99 Å². The fraction of sp³-hybridized carbons (Fsp3) is 0.100. The number of carbonyl (C=O) groups is 1. The Bertz CT molecular complexity index is 2450. The van der Waals surface area contributed by atoms with Crippen molar-refractivity contribution in [3.63, 3.8) is 0 Å². The van der Waals surface area contributed by atoms with E-state index in [1.807, 2.05) is 116 Å². The zero-order valence-corrected chi connectivity index (χ0v) is 25.3. The Morgan fingerprint density at radius 1 is 0.609 bits per heavy atom. The van der Waals surface area contributed by atoms with E-state index >= 15 is 0 Å². The minimum atomic E-state index is -0.778. The first-order valence-corrected chi connectivity index (χ1v) is 15.5. The Hall–Kier alpha value is -5.88. The lowest BCUT2D eigenvalue weighted by Gasteiger charge is -2.41. The van der Waals surface area contributed by atoms with Gasteiger partial charge in [0, 0.05) is 44.1 Å². The first-order chi connectivity index (χ1) is 22.3. The summed E-state index contributed by atoms with van der Waals surface area (Å²) >= 11 is 0. The number of benzene rings is 6. The van der Waals surface area contributed by atoms with Crippen LogP contribution in [0, 0.1) is 0 Å². The molecule has 0 aromatic heterocycles. The van der Waals surface area contributed by atoms with Crippen molar-refractivity contribution in [2.75, 3.05) is 16.0 Å². The van der Waals surface area contributed by atoms with E-state index < -0.39 is 11.3 Å². The van der Waals surface area contributed by atoms with Crippen molar-refractivity contribution in [2.45, 2.75) is 25.2 Å². The molecule has 0 radical (unpaired) electrons. The molecule has 0 amide bonds. The molecule has 2 heterocycles. The highest BCUT2D eigenvalue weighted by Gasteiger charge is 2.37. The minimum absolute atomic E-state index is 0.183. The summed E-state index contributed by atoms with van der Waals surface area (Å²) in [7, 11) is 0.